The predicted octanol–water partition coefficient (Wildman–Crippen LogP) is 3.35. The van der Waals surface area contributed by atoms with Gasteiger partial charge in [0.25, 0.3) is 5.69 Å². The van der Waals surface area contributed by atoms with E-state index in [4.69, 9.17) is 4.74 Å². The zero-order valence-corrected chi connectivity index (χ0v) is 9.82. The average molecular weight is 222 g/mol. The van der Waals surface area contributed by atoms with Crippen LogP contribution in [0.4, 0.5) is 5.69 Å². The van der Waals surface area contributed by atoms with Crippen LogP contribution in [0.15, 0.2) is 18.2 Å². The van der Waals surface area contributed by atoms with E-state index in [1.165, 1.54) is 6.07 Å². The van der Waals surface area contributed by atoms with E-state index < -0.39 is 4.92 Å². The molecule has 0 spiro atoms. The molecule has 0 fully saturated rings. The van der Waals surface area contributed by atoms with Crippen LogP contribution < -0.4 is 4.74 Å². The van der Waals surface area contributed by atoms with Crippen LogP contribution in [-0.2, 0) is 0 Å². The Balaban J connectivity index is 3.04. The minimum absolute atomic E-state index is 0.0973. The highest BCUT2D eigenvalue weighted by atomic mass is 16.6. The van der Waals surface area contributed by atoms with Gasteiger partial charge in [-0.25, -0.2) is 0 Å². The molecule has 0 aliphatic heterocycles. The molecule has 0 N–H and O–H groups in total. The van der Waals surface area contributed by atoms with Gasteiger partial charge in [0, 0.05) is 23.6 Å². The van der Waals surface area contributed by atoms with Crippen LogP contribution in [-0.4, -0.2) is 11.5 Å². The first-order valence-corrected chi connectivity index (χ1v) is 5.28. The van der Waals surface area contributed by atoms with Gasteiger partial charge >= 0.3 is 0 Å². The second-order valence-corrected chi connectivity index (χ2v) is 3.79. The van der Waals surface area contributed by atoms with E-state index in [0.29, 0.717) is 12.4 Å². The van der Waals surface area contributed by atoms with E-state index in [9.17, 15) is 10.1 Å². The lowest BCUT2D eigenvalue weighted by Crippen LogP contribution is -2.01. The molecule has 0 heterocycles. The number of non-ortho nitro benzene ring substituents is 1. The monoisotopic (exact) mass is 222 g/mol. The molecule has 0 atom stereocenters. The van der Waals surface area contributed by atoms with Crippen LogP contribution in [0, 0.1) is 16.0 Å². The zero-order valence-electron chi connectivity index (χ0n) is 9.82. The fourth-order valence-corrected chi connectivity index (χ4v) is 1.36. The van der Waals surface area contributed by atoms with Crippen LogP contribution in [0.25, 0.3) is 0 Å². The van der Waals surface area contributed by atoms with E-state index in [2.05, 4.69) is 0 Å². The summed E-state index contributed by atoms with van der Waals surface area (Å²) in [4.78, 5) is 10.3. The summed E-state index contributed by atoms with van der Waals surface area (Å²) in [6.45, 7) is 6.47. The van der Waals surface area contributed by atoms with Gasteiger partial charge in [0.1, 0.15) is 5.75 Å². The molecule has 1 aromatic rings. The first-order valence-electron chi connectivity index (χ1n) is 5.28. The quantitative estimate of drug-likeness (QED) is 0.567. The normalized spacial score (nSPS) is 10.5. The Hall–Kier alpha value is -1.58. The summed E-state index contributed by atoms with van der Waals surface area (Å²) in [5.41, 5.74) is 0.905. The Bertz CT molecular complexity index is 375. The Morgan fingerprint density at radius 1 is 1.44 bits per heavy atom. The number of nitrogens with zero attached hydrogens (tertiary/aromatic N) is 1. The fraction of sp³-hybridized carbons (Fsp3) is 0.417. The highest BCUT2D eigenvalue weighted by Gasteiger charge is 2.14. The van der Waals surface area contributed by atoms with E-state index in [1.807, 2.05) is 20.8 Å². The smallest absolute Gasteiger partial charge is 0.269 e. The van der Waals surface area contributed by atoms with Crippen molar-refractivity contribution in [3.8, 4) is 5.75 Å². The maximum absolute atomic E-state index is 10.7. The molecule has 0 aliphatic carbocycles. The van der Waals surface area contributed by atoms with Crippen LogP contribution in [0.3, 0.4) is 0 Å². The lowest BCUT2D eigenvalue weighted by atomic mass is 10.0. The van der Waals surface area contributed by atoms with E-state index in [0.717, 1.165) is 17.9 Å². The minimum atomic E-state index is -0.393. The van der Waals surface area contributed by atoms with Crippen LogP contribution in [0.2, 0.25) is 0 Å². The summed E-state index contributed by atoms with van der Waals surface area (Å²) in [5, 5.41) is 10.7. The average Bonchev–Trinajstić information content (AvgIpc) is 2.25. The third-order valence-electron chi connectivity index (χ3n) is 2.17. The van der Waals surface area contributed by atoms with Gasteiger partial charge in [-0.1, -0.05) is 20.8 Å². The van der Waals surface area contributed by atoms with E-state index in [1.54, 1.807) is 12.1 Å². The van der Waals surface area contributed by atoms with Crippen molar-refractivity contribution in [2.24, 2.45) is 0 Å². The van der Waals surface area contributed by atoms with Crippen molar-refractivity contribution in [1.82, 2.24) is 0 Å². The van der Waals surface area contributed by atoms with Crippen LogP contribution >= 0.6 is 0 Å². The molecule has 0 saturated carbocycles. The van der Waals surface area contributed by atoms with Gasteiger partial charge in [-0.15, -0.1) is 0 Å². The molecule has 87 valence electrons. The predicted molar refractivity (Wildman–Crippen MR) is 62.6 cm³/mol. The molecule has 0 aliphatic rings. The number of rotatable bonds is 5. The van der Waals surface area contributed by atoms with E-state index >= 15 is 0 Å². The SMILES string of the molecule is CCCOc1ccc([N+](=O)[O-])cc1[C](C)C. The number of hydrogen-bond donors (Lipinski definition) is 0. The van der Waals surface area contributed by atoms with E-state index in [-0.39, 0.29) is 5.69 Å². The number of nitro benzene ring substituents is 1. The highest BCUT2D eigenvalue weighted by molar-refractivity contribution is 5.49. The summed E-state index contributed by atoms with van der Waals surface area (Å²) >= 11 is 0. The molecule has 1 aromatic carbocycles. The first-order chi connectivity index (χ1) is 7.56. The lowest BCUT2D eigenvalue weighted by molar-refractivity contribution is -0.384. The Morgan fingerprint density at radius 3 is 2.62 bits per heavy atom. The molecule has 0 unspecified atom stereocenters. The Labute approximate surface area is 95.4 Å². The van der Waals surface area contributed by atoms with Gasteiger partial charge in [0.2, 0.25) is 0 Å². The Morgan fingerprint density at radius 2 is 2.12 bits per heavy atom. The molecular formula is C12H16NO3. The molecule has 4 heteroatoms. The second-order valence-electron chi connectivity index (χ2n) is 3.79. The first kappa shape index (κ1) is 12.5. The number of hydrogen-bond acceptors (Lipinski definition) is 3. The third-order valence-corrected chi connectivity index (χ3v) is 2.17. The Kier molecular flexibility index (Phi) is 4.28. The molecule has 0 saturated heterocycles. The summed E-state index contributed by atoms with van der Waals surface area (Å²) in [6, 6.07) is 4.69. The summed E-state index contributed by atoms with van der Waals surface area (Å²) < 4.78 is 5.54. The van der Waals surface area contributed by atoms with Gasteiger partial charge < -0.3 is 4.74 Å². The van der Waals surface area contributed by atoms with Gasteiger partial charge in [-0.2, -0.15) is 0 Å². The number of nitro groups is 1. The van der Waals surface area contributed by atoms with Gasteiger partial charge in [-0.05, 0) is 12.5 Å². The number of ether oxygens (including phenoxy) is 1. The highest BCUT2D eigenvalue weighted by Crippen LogP contribution is 2.29. The van der Waals surface area contributed by atoms with Crippen molar-refractivity contribution in [3.05, 3.63) is 39.8 Å². The summed E-state index contributed by atoms with van der Waals surface area (Å²) in [6.07, 6.45) is 0.916. The van der Waals surface area contributed by atoms with Gasteiger partial charge in [0.15, 0.2) is 0 Å². The maximum atomic E-state index is 10.7. The molecule has 1 radical (unpaired) electrons. The molecule has 0 bridgehead atoms. The van der Waals surface area contributed by atoms with Gasteiger partial charge in [0.05, 0.1) is 11.5 Å². The lowest BCUT2D eigenvalue weighted by Gasteiger charge is -2.12. The number of benzene rings is 1. The summed E-state index contributed by atoms with van der Waals surface area (Å²) in [5.74, 6) is 1.72. The second kappa shape index (κ2) is 5.49. The topological polar surface area (TPSA) is 52.4 Å². The molecule has 1 rings (SSSR count). The molecule has 0 aromatic heterocycles. The maximum Gasteiger partial charge on any atom is 0.269 e. The third kappa shape index (κ3) is 2.95. The molecular weight excluding hydrogens is 206 g/mol. The van der Waals surface area contributed by atoms with Crippen LogP contribution in [0.1, 0.15) is 32.8 Å². The van der Waals surface area contributed by atoms with Crippen molar-refractivity contribution in [1.29, 1.82) is 0 Å². The van der Waals surface area contributed by atoms with Crippen molar-refractivity contribution in [2.75, 3.05) is 6.61 Å². The standard InChI is InChI=1S/C12H16NO3/c1-4-7-16-12-6-5-10(13(14)15)8-11(12)9(2)3/h5-6,8H,4,7H2,1-3H3. The van der Waals surface area contributed by atoms with Crippen molar-refractivity contribution < 1.29 is 9.66 Å². The van der Waals surface area contributed by atoms with Crippen LogP contribution in [0.5, 0.6) is 5.75 Å². The zero-order chi connectivity index (χ0) is 12.1. The minimum Gasteiger partial charge on any atom is -0.493 e. The van der Waals surface area contributed by atoms with Crippen molar-refractivity contribution in [3.63, 3.8) is 0 Å². The van der Waals surface area contributed by atoms with Crippen molar-refractivity contribution >= 4 is 5.69 Å². The molecule has 0 amide bonds. The fourth-order valence-electron chi connectivity index (χ4n) is 1.36. The summed E-state index contributed by atoms with van der Waals surface area (Å²) in [7, 11) is 0. The van der Waals surface area contributed by atoms with Crippen molar-refractivity contribution in [2.45, 2.75) is 27.2 Å². The largest absolute Gasteiger partial charge is 0.493 e. The molecule has 16 heavy (non-hydrogen) atoms. The molecule has 4 nitrogen and oxygen atoms in total. The van der Waals surface area contributed by atoms with Gasteiger partial charge in [-0.3, -0.25) is 10.1 Å².